The maximum absolute atomic E-state index is 4.40. The van der Waals surface area contributed by atoms with Crippen LogP contribution in [0.3, 0.4) is 0 Å². The van der Waals surface area contributed by atoms with Gasteiger partial charge in [0.1, 0.15) is 17.8 Å². The quantitative estimate of drug-likeness (QED) is 0.654. The van der Waals surface area contributed by atoms with Crippen molar-refractivity contribution in [3.8, 4) is 0 Å². The summed E-state index contributed by atoms with van der Waals surface area (Å²) in [4.78, 5) is 11.9. The van der Waals surface area contributed by atoms with Crippen molar-refractivity contribution in [1.29, 1.82) is 0 Å². The largest absolute Gasteiger partial charge is 0.365 e. The average Bonchev–Trinajstić information content (AvgIpc) is 2.98. The molecule has 0 atom stereocenters. The molecule has 0 spiro atoms. The second-order valence-electron chi connectivity index (χ2n) is 5.31. The minimum Gasteiger partial charge on any atom is -0.365 e. The monoisotopic (exact) mass is 295 g/mol. The number of nitrogens with zero attached hydrogens (tertiary/aromatic N) is 2. The highest BCUT2D eigenvalue weighted by molar-refractivity contribution is 5.90. The van der Waals surface area contributed by atoms with Crippen LogP contribution in [-0.4, -0.2) is 22.0 Å². The number of nitrogens with one attached hydrogen (secondary N) is 3. The van der Waals surface area contributed by atoms with Gasteiger partial charge in [-0.2, -0.15) is 0 Å². The number of rotatable bonds is 6. The highest BCUT2D eigenvalue weighted by atomic mass is 15.0. The highest BCUT2D eigenvalue weighted by Crippen LogP contribution is 2.24. The van der Waals surface area contributed by atoms with Gasteiger partial charge in [0.2, 0.25) is 0 Å². The van der Waals surface area contributed by atoms with E-state index in [1.807, 2.05) is 13.2 Å². The van der Waals surface area contributed by atoms with E-state index in [1.165, 1.54) is 16.7 Å². The molecule has 5 heteroatoms. The van der Waals surface area contributed by atoms with Crippen LogP contribution < -0.4 is 10.6 Å². The Kier molecular flexibility index (Phi) is 4.34. The van der Waals surface area contributed by atoms with Crippen molar-refractivity contribution < 1.29 is 0 Å². The first kappa shape index (κ1) is 14.5. The first-order chi connectivity index (χ1) is 10.8. The summed E-state index contributed by atoms with van der Waals surface area (Å²) in [6.45, 7) is 3.78. The van der Waals surface area contributed by atoms with Crippen LogP contribution in [0.1, 0.15) is 23.6 Å². The van der Waals surface area contributed by atoms with Gasteiger partial charge in [-0.15, -0.1) is 0 Å². The predicted octanol–water partition coefficient (Wildman–Crippen LogP) is 2.85. The zero-order valence-electron chi connectivity index (χ0n) is 13.0. The lowest BCUT2D eigenvalue weighted by Gasteiger charge is -2.08. The number of H-pyrrole nitrogens is 1. The van der Waals surface area contributed by atoms with Crippen LogP contribution in [0.25, 0.3) is 11.0 Å². The van der Waals surface area contributed by atoms with Crippen molar-refractivity contribution in [2.45, 2.75) is 26.4 Å². The molecule has 0 saturated carbocycles. The molecule has 1 aromatic carbocycles. The maximum atomic E-state index is 4.40. The summed E-state index contributed by atoms with van der Waals surface area (Å²) < 4.78 is 0. The highest BCUT2D eigenvalue weighted by Gasteiger charge is 2.09. The van der Waals surface area contributed by atoms with Crippen molar-refractivity contribution in [1.82, 2.24) is 20.3 Å². The molecule has 22 heavy (non-hydrogen) atoms. The summed E-state index contributed by atoms with van der Waals surface area (Å²) in [5.74, 6) is 0.891. The first-order valence-electron chi connectivity index (χ1n) is 7.59. The average molecular weight is 295 g/mol. The normalized spacial score (nSPS) is 11.0. The molecule has 2 aromatic heterocycles. The van der Waals surface area contributed by atoms with Gasteiger partial charge in [-0.05, 0) is 30.2 Å². The van der Waals surface area contributed by atoms with E-state index in [1.54, 1.807) is 6.33 Å². The third kappa shape index (κ3) is 2.94. The molecule has 0 aliphatic rings. The Hall–Kier alpha value is -2.40. The molecule has 0 fully saturated rings. The number of anilines is 1. The number of aromatic nitrogens is 3. The van der Waals surface area contributed by atoms with E-state index in [0.29, 0.717) is 0 Å². The third-order valence-electron chi connectivity index (χ3n) is 3.80. The lowest BCUT2D eigenvalue weighted by molar-refractivity contribution is 0.817. The zero-order chi connectivity index (χ0) is 15.4. The summed E-state index contributed by atoms with van der Waals surface area (Å²) in [7, 11) is 1.96. The van der Waals surface area contributed by atoms with E-state index < -0.39 is 0 Å². The van der Waals surface area contributed by atoms with Crippen LogP contribution in [0.5, 0.6) is 0 Å². The van der Waals surface area contributed by atoms with Crippen LogP contribution in [0, 0.1) is 0 Å². The van der Waals surface area contributed by atoms with Crippen molar-refractivity contribution >= 4 is 16.9 Å². The summed E-state index contributed by atoms with van der Waals surface area (Å²) >= 11 is 0. The maximum Gasteiger partial charge on any atom is 0.143 e. The molecule has 0 saturated heterocycles. The fraction of sp³-hybridized carbons (Fsp3) is 0.294. The van der Waals surface area contributed by atoms with E-state index in [0.717, 1.165) is 36.4 Å². The minimum atomic E-state index is 0.750. The van der Waals surface area contributed by atoms with Gasteiger partial charge in [-0.3, -0.25) is 0 Å². The van der Waals surface area contributed by atoms with Gasteiger partial charge >= 0.3 is 0 Å². The number of fused-ring (bicyclic) bond motifs is 1. The van der Waals surface area contributed by atoms with Crippen molar-refractivity contribution in [3.05, 3.63) is 53.5 Å². The summed E-state index contributed by atoms with van der Waals surface area (Å²) in [6, 6.07) is 8.60. The Morgan fingerprint density at radius 3 is 2.45 bits per heavy atom. The van der Waals surface area contributed by atoms with E-state index in [-0.39, 0.29) is 0 Å². The van der Waals surface area contributed by atoms with Gasteiger partial charge in [-0.25, -0.2) is 9.97 Å². The third-order valence-corrected chi connectivity index (χ3v) is 3.80. The molecule has 0 bridgehead atoms. The van der Waals surface area contributed by atoms with Crippen LogP contribution in [-0.2, 0) is 19.5 Å². The molecule has 2 heterocycles. The minimum absolute atomic E-state index is 0.750. The van der Waals surface area contributed by atoms with Gasteiger partial charge in [0.15, 0.2) is 0 Å². The van der Waals surface area contributed by atoms with Gasteiger partial charge < -0.3 is 15.6 Å². The fourth-order valence-corrected chi connectivity index (χ4v) is 2.60. The van der Waals surface area contributed by atoms with Crippen molar-refractivity contribution in [3.63, 3.8) is 0 Å². The van der Waals surface area contributed by atoms with Crippen LogP contribution in [0.2, 0.25) is 0 Å². The van der Waals surface area contributed by atoms with Crippen LogP contribution in [0.4, 0.5) is 5.82 Å². The lowest BCUT2D eigenvalue weighted by atomic mass is 10.1. The van der Waals surface area contributed by atoms with E-state index >= 15 is 0 Å². The fourth-order valence-electron chi connectivity index (χ4n) is 2.60. The Labute approximate surface area is 130 Å². The number of benzene rings is 1. The van der Waals surface area contributed by atoms with Gasteiger partial charge in [0.05, 0.1) is 5.39 Å². The van der Waals surface area contributed by atoms with Gasteiger partial charge in [-0.1, -0.05) is 31.2 Å². The number of aromatic amines is 1. The molecule has 3 N–H and O–H groups in total. The Morgan fingerprint density at radius 2 is 1.77 bits per heavy atom. The Balaban J connectivity index is 1.77. The first-order valence-corrected chi connectivity index (χ1v) is 7.59. The standard InChI is InChI=1S/C17H21N5/c1-3-14-10-20-17-15(14)16(21-11-22-17)19-9-13-6-4-12(5-7-13)8-18-2/h4-7,10-11,18H,3,8-9H2,1-2H3,(H2,19,20,21,22). The predicted molar refractivity (Wildman–Crippen MR) is 89.8 cm³/mol. The van der Waals surface area contributed by atoms with E-state index in [4.69, 9.17) is 0 Å². The summed E-state index contributed by atoms with van der Waals surface area (Å²) in [5.41, 5.74) is 4.65. The summed E-state index contributed by atoms with van der Waals surface area (Å²) in [5, 5.41) is 7.68. The van der Waals surface area contributed by atoms with Crippen LogP contribution in [0.15, 0.2) is 36.8 Å². The molecule has 114 valence electrons. The molecular weight excluding hydrogens is 274 g/mol. The van der Waals surface area contributed by atoms with E-state index in [9.17, 15) is 0 Å². The number of aryl methyl sites for hydroxylation is 1. The smallest absolute Gasteiger partial charge is 0.143 e. The molecule has 5 nitrogen and oxygen atoms in total. The van der Waals surface area contributed by atoms with Crippen molar-refractivity contribution in [2.75, 3.05) is 12.4 Å². The second-order valence-corrected chi connectivity index (χ2v) is 5.31. The molecule has 3 rings (SSSR count). The van der Waals surface area contributed by atoms with Crippen LogP contribution >= 0.6 is 0 Å². The molecule has 0 amide bonds. The molecule has 0 aliphatic carbocycles. The van der Waals surface area contributed by atoms with Gasteiger partial charge in [0, 0.05) is 19.3 Å². The molecule has 3 aromatic rings. The molecular formula is C17H21N5. The zero-order valence-corrected chi connectivity index (χ0v) is 13.0. The Morgan fingerprint density at radius 1 is 1.05 bits per heavy atom. The summed E-state index contributed by atoms with van der Waals surface area (Å²) in [6.07, 6.45) is 4.56. The SMILES string of the molecule is CCc1c[nH]c2ncnc(NCc3ccc(CNC)cc3)c12. The van der Waals surface area contributed by atoms with E-state index in [2.05, 4.69) is 56.8 Å². The lowest BCUT2D eigenvalue weighted by Crippen LogP contribution is -2.06. The molecule has 0 unspecified atom stereocenters. The molecule has 0 aliphatic heterocycles. The topological polar surface area (TPSA) is 65.6 Å². The number of hydrogen-bond acceptors (Lipinski definition) is 4. The number of hydrogen-bond donors (Lipinski definition) is 3. The van der Waals surface area contributed by atoms with Gasteiger partial charge in [0.25, 0.3) is 0 Å². The van der Waals surface area contributed by atoms with Crippen molar-refractivity contribution in [2.24, 2.45) is 0 Å². The second kappa shape index (κ2) is 6.58. The molecule has 0 radical (unpaired) electrons. The Bertz CT molecular complexity index is 745.